The number of hydrazone groups is 1. The Morgan fingerprint density at radius 3 is 2.75 bits per heavy atom. The fourth-order valence-electron chi connectivity index (χ4n) is 1.84. The molecule has 0 aliphatic carbocycles. The number of sulfonamides is 1. The van der Waals surface area contributed by atoms with Crippen LogP contribution in [0.3, 0.4) is 0 Å². The van der Waals surface area contributed by atoms with Gasteiger partial charge in [0.15, 0.2) is 0 Å². The van der Waals surface area contributed by atoms with Crippen molar-refractivity contribution in [1.29, 1.82) is 0 Å². The standard InChI is InChI=1S/C15H16ClN3O4S/c1-11-5-6-12(8-14(11)16)19(24(2,21)22)10-15(20)18-17-9-13-4-3-7-23-13/h3-9H,10H2,1-2H3,(H,18,20)/b17-9-. The molecule has 1 heterocycles. The summed E-state index contributed by atoms with van der Waals surface area (Å²) in [5, 5.41) is 4.12. The first kappa shape index (κ1) is 18.0. The highest BCUT2D eigenvalue weighted by Gasteiger charge is 2.21. The number of benzene rings is 1. The average molecular weight is 370 g/mol. The van der Waals surface area contributed by atoms with Crippen molar-refractivity contribution in [1.82, 2.24) is 5.43 Å². The van der Waals surface area contributed by atoms with Crippen LogP contribution in [0, 0.1) is 6.92 Å². The summed E-state index contributed by atoms with van der Waals surface area (Å²) < 4.78 is 29.9. The van der Waals surface area contributed by atoms with Crippen molar-refractivity contribution in [3.8, 4) is 0 Å². The zero-order valence-electron chi connectivity index (χ0n) is 13.1. The van der Waals surface area contributed by atoms with E-state index in [0.29, 0.717) is 16.5 Å². The Morgan fingerprint density at radius 2 is 2.17 bits per heavy atom. The molecule has 9 heteroatoms. The lowest BCUT2D eigenvalue weighted by atomic mass is 10.2. The second-order valence-electron chi connectivity index (χ2n) is 5.01. The highest BCUT2D eigenvalue weighted by Crippen LogP contribution is 2.24. The molecule has 0 aliphatic rings. The molecule has 0 atom stereocenters. The lowest BCUT2D eigenvalue weighted by Crippen LogP contribution is -2.39. The molecule has 0 bridgehead atoms. The van der Waals surface area contributed by atoms with E-state index < -0.39 is 22.5 Å². The summed E-state index contributed by atoms with van der Waals surface area (Å²) in [5.41, 5.74) is 3.36. The van der Waals surface area contributed by atoms with Gasteiger partial charge in [0, 0.05) is 5.02 Å². The first-order chi connectivity index (χ1) is 11.3. The quantitative estimate of drug-likeness (QED) is 0.623. The van der Waals surface area contributed by atoms with Gasteiger partial charge in [0.1, 0.15) is 12.3 Å². The van der Waals surface area contributed by atoms with Crippen LogP contribution >= 0.6 is 11.6 Å². The first-order valence-electron chi connectivity index (χ1n) is 6.86. The van der Waals surface area contributed by atoms with Gasteiger partial charge in [-0.25, -0.2) is 13.8 Å². The Morgan fingerprint density at radius 1 is 1.42 bits per heavy atom. The van der Waals surface area contributed by atoms with E-state index in [1.54, 1.807) is 31.2 Å². The maximum atomic E-state index is 12.0. The number of carbonyl (C=O) groups is 1. The van der Waals surface area contributed by atoms with Crippen molar-refractivity contribution in [2.45, 2.75) is 6.92 Å². The smallest absolute Gasteiger partial charge is 0.260 e. The summed E-state index contributed by atoms with van der Waals surface area (Å²) in [5.74, 6) is -0.138. The van der Waals surface area contributed by atoms with Crippen LogP contribution in [0.5, 0.6) is 0 Å². The van der Waals surface area contributed by atoms with Crippen LogP contribution in [0.25, 0.3) is 0 Å². The molecular formula is C15H16ClN3O4S. The molecule has 0 aliphatic heterocycles. The molecule has 7 nitrogen and oxygen atoms in total. The van der Waals surface area contributed by atoms with E-state index >= 15 is 0 Å². The van der Waals surface area contributed by atoms with Crippen LogP contribution in [0.1, 0.15) is 11.3 Å². The fraction of sp³-hybridized carbons (Fsp3) is 0.200. The molecule has 1 amide bonds. The van der Waals surface area contributed by atoms with Crippen molar-refractivity contribution in [3.05, 3.63) is 52.9 Å². The summed E-state index contributed by atoms with van der Waals surface area (Å²) in [6, 6.07) is 8.10. The molecule has 0 saturated carbocycles. The predicted molar refractivity (Wildman–Crippen MR) is 92.8 cm³/mol. The van der Waals surface area contributed by atoms with E-state index in [2.05, 4.69) is 10.5 Å². The van der Waals surface area contributed by atoms with Gasteiger partial charge in [-0.15, -0.1) is 0 Å². The second-order valence-corrected chi connectivity index (χ2v) is 7.33. The van der Waals surface area contributed by atoms with Gasteiger partial charge in [-0.3, -0.25) is 9.10 Å². The van der Waals surface area contributed by atoms with E-state index in [-0.39, 0.29) is 0 Å². The summed E-state index contributed by atoms with van der Waals surface area (Å²) in [4.78, 5) is 12.0. The number of aryl methyl sites for hydroxylation is 1. The number of nitrogens with zero attached hydrogens (tertiary/aromatic N) is 2. The van der Waals surface area contributed by atoms with E-state index in [1.807, 2.05) is 0 Å². The van der Waals surface area contributed by atoms with Gasteiger partial charge in [0.2, 0.25) is 10.0 Å². The summed E-state index contributed by atoms with van der Waals surface area (Å²) in [6.07, 6.45) is 3.79. The minimum Gasteiger partial charge on any atom is -0.463 e. The van der Waals surface area contributed by atoms with Crippen molar-refractivity contribution in [3.63, 3.8) is 0 Å². The zero-order valence-corrected chi connectivity index (χ0v) is 14.6. The molecule has 1 aromatic heterocycles. The van der Waals surface area contributed by atoms with Crippen LogP contribution in [-0.2, 0) is 14.8 Å². The average Bonchev–Trinajstić information content (AvgIpc) is 3.00. The molecule has 0 radical (unpaired) electrons. The molecule has 0 saturated heterocycles. The minimum atomic E-state index is -3.67. The highest BCUT2D eigenvalue weighted by molar-refractivity contribution is 7.92. The Bertz CT molecular complexity index is 848. The zero-order chi connectivity index (χ0) is 17.7. The third-order valence-electron chi connectivity index (χ3n) is 3.06. The lowest BCUT2D eigenvalue weighted by molar-refractivity contribution is -0.119. The van der Waals surface area contributed by atoms with Crippen LogP contribution < -0.4 is 9.73 Å². The number of hydrogen-bond donors (Lipinski definition) is 1. The SMILES string of the molecule is Cc1ccc(N(CC(=O)N/N=C\c2ccco2)S(C)(=O)=O)cc1Cl. The molecule has 2 aromatic rings. The molecule has 0 spiro atoms. The third kappa shape index (κ3) is 4.84. The van der Waals surface area contributed by atoms with Gasteiger partial charge < -0.3 is 4.42 Å². The van der Waals surface area contributed by atoms with Gasteiger partial charge >= 0.3 is 0 Å². The molecular weight excluding hydrogens is 354 g/mol. The van der Waals surface area contributed by atoms with Gasteiger partial charge in [-0.05, 0) is 36.8 Å². The number of carbonyl (C=O) groups excluding carboxylic acids is 1. The van der Waals surface area contributed by atoms with E-state index in [0.717, 1.165) is 16.1 Å². The van der Waals surface area contributed by atoms with Crippen LogP contribution in [0.2, 0.25) is 5.02 Å². The molecule has 1 aromatic carbocycles. The minimum absolute atomic E-state index is 0.304. The predicted octanol–water partition coefficient (Wildman–Crippen LogP) is 2.16. The summed E-state index contributed by atoms with van der Waals surface area (Å²) >= 11 is 6.03. The number of nitrogens with one attached hydrogen (secondary N) is 1. The Balaban J connectivity index is 2.11. The number of halogens is 1. The molecule has 24 heavy (non-hydrogen) atoms. The lowest BCUT2D eigenvalue weighted by Gasteiger charge is -2.21. The van der Waals surface area contributed by atoms with Gasteiger partial charge in [0.05, 0.1) is 24.4 Å². The summed E-state index contributed by atoms with van der Waals surface area (Å²) in [7, 11) is -3.67. The van der Waals surface area contributed by atoms with Gasteiger partial charge in [0.25, 0.3) is 5.91 Å². The van der Waals surface area contributed by atoms with Gasteiger partial charge in [-0.2, -0.15) is 5.10 Å². The second kappa shape index (κ2) is 7.50. The number of hydrogen-bond acceptors (Lipinski definition) is 5. The Hall–Kier alpha value is -2.32. The number of rotatable bonds is 6. The monoisotopic (exact) mass is 369 g/mol. The molecule has 128 valence electrons. The molecule has 0 unspecified atom stereocenters. The van der Waals surface area contributed by atoms with Crippen molar-refractivity contribution in [2.75, 3.05) is 17.1 Å². The largest absolute Gasteiger partial charge is 0.463 e. The van der Waals surface area contributed by atoms with E-state index in [4.69, 9.17) is 16.0 Å². The maximum Gasteiger partial charge on any atom is 0.260 e. The van der Waals surface area contributed by atoms with Crippen molar-refractivity contribution >= 4 is 39.4 Å². The third-order valence-corrected chi connectivity index (χ3v) is 4.60. The van der Waals surface area contributed by atoms with Gasteiger partial charge in [-0.1, -0.05) is 17.7 Å². The van der Waals surface area contributed by atoms with E-state index in [9.17, 15) is 13.2 Å². The number of furan rings is 1. The molecule has 1 N–H and O–H groups in total. The normalized spacial score (nSPS) is 11.6. The molecule has 0 fully saturated rings. The van der Waals surface area contributed by atoms with Crippen LogP contribution in [0.4, 0.5) is 5.69 Å². The van der Waals surface area contributed by atoms with E-state index in [1.165, 1.54) is 18.5 Å². The van der Waals surface area contributed by atoms with Crippen LogP contribution in [-0.4, -0.2) is 33.3 Å². The number of amides is 1. The van der Waals surface area contributed by atoms with Crippen LogP contribution in [0.15, 0.2) is 46.1 Å². The first-order valence-corrected chi connectivity index (χ1v) is 9.09. The van der Waals surface area contributed by atoms with Crippen molar-refractivity contribution < 1.29 is 17.6 Å². The molecule has 2 rings (SSSR count). The Labute approximate surface area is 145 Å². The maximum absolute atomic E-state index is 12.0. The van der Waals surface area contributed by atoms with Crippen molar-refractivity contribution in [2.24, 2.45) is 5.10 Å². The fourth-order valence-corrected chi connectivity index (χ4v) is 2.86. The number of anilines is 1. The Kier molecular flexibility index (Phi) is 5.63. The topological polar surface area (TPSA) is 92.0 Å². The summed E-state index contributed by atoms with van der Waals surface area (Å²) in [6.45, 7) is 1.38. The highest BCUT2D eigenvalue weighted by atomic mass is 35.5.